The van der Waals surface area contributed by atoms with Gasteiger partial charge in [0.1, 0.15) is 11.9 Å². The molecule has 0 aliphatic carbocycles. The van der Waals surface area contributed by atoms with Gasteiger partial charge in [0.2, 0.25) is 0 Å². The van der Waals surface area contributed by atoms with Crippen LogP contribution in [0.1, 0.15) is 23.1 Å². The van der Waals surface area contributed by atoms with Crippen molar-refractivity contribution in [2.45, 2.75) is 12.6 Å². The van der Waals surface area contributed by atoms with E-state index in [1.165, 1.54) is 16.3 Å². The van der Waals surface area contributed by atoms with Gasteiger partial charge in [-0.2, -0.15) is 0 Å². The lowest BCUT2D eigenvalue weighted by atomic mass is 10.1. The minimum atomic E-state index is -0.769. The molecule has 0 bridgehead atoms. The molecule has 0 aliphatic heterocycles. The number of para-hydroxylation sites is 2. The number of imidazole rings is 1. The summed E-state index contributed by atoms with van der Waals surface area (Å²) in [5, 5.41) is 13.5. The highest BCUT2D eigenvalue weighted by Crippen LogP contribution is 2.27. The molecule has 0 saturated heterocycles. The minimum absolute atomic E-state index is 0.657. The first-order valence-electron chi connectivity index (χ1n) is 9.45. The molecule has 3 heteroatoms. The molecule has 3 nitrogen and oxygen atoms in total. The molecule has 4 aromatic carbocycles. The maximum atomic E-state index is 11.0. The van der Waals surface area contributed by atoms with Gasteiger partial charge in [0.05, 0.1) is 11.0 Å². The molecule has 1 atom stereocenters. The highest BCUT2D eigenvalue weighted by Gasteiger charge is 2.19. The summed E-state index contributed by atoms with van der Waals surface area (Å²) in [6.45, 7) is 0.657. The highest BCUT2D eigenvalue weighted by molar-refractivity contribution is 5.83. The highest BCUT2D eigenvalue weighted by atomic mass is 16.3. The quantitative estimate of drug-likeness (QED) is 0.469. The van der Waals surface area contributed by atoms with Gasteiger partial charge in [-0.3, -0.25) is 0 Å². The van der Waals surface area contributed by atoms with Gasteiger partial charge in [0.15, 0.2) is 0 Å². The largest absolute Gasteiger partial charge is 0.380 e. The molecular weight excluding hydrogens is 344 g/mol. The molecule has 0 spiro atoms. The third kappa shape index (κ3) is 2.96. The van der Waals surface area contributed by atoms with Gasteiger partial charge in [-0.25, -0.2) is 4.98 Å². The Balaban J connectivity index is 1.62. The van der Waals surface area contributed by atoms with Crippen LogP contribution in [-0.4, -0.2) is 14.7 Å². The normalized spacial score (nSPS) is 12.5. The SMILES string of the molecule is OC(c1ccccc1)c1nc2ccccc2n1Cc1ccc2ccccc2c1. The second-order valence-corrected chi connectivity index (χ2v) is 7.04. The summed E-state index contributed by atoms with van der Waals surface area (Å²) in [5.41, 5.74) is 3.95. The molecule has 136 valence electrons. The fourth-order valence-corrected chi connectivity index (χ4v) is 3.77. The molecule has 1 N–H and O–H groups in total. The summed E-state index contributed by atoms with van der Waals surface area (Å²) in [6.07, 6.45) is -0.769. The van der Waals surface area contributed by atoms with E-state index in [4.69, 9.17) is 4.98 Å². The summed E-state index contributed by atoms with van der Waals surface area (Å²) in [4.78, 5) is 4.76. The second kappa shape index (κ2) is 6.95. The Labute approximate surface area is 163 Å². The van der Waals surface area contributed by atoms with E-state index in [1.807, 2.05) is 48.5 Å². The molecule has 1 aromatic heterocycles. The van der Waals surface area contributed by atoms with Crippen LogP contribution in [0.15, 0.2) is 97.1 Å². The van der Waals surface area contributed by atoms with E-state index in [0.717, 1.165) is 16.6 Å². The van der Waals surface area contributed by atoms with Crippen LogP contribution in [-0.2, 0) is 6.54 Å². The summed E-state index contributed by atoms with van der Waals surface area (Å²) in [5.74, 6) is 0.667. The maximum Gasteiger partial charge on any atom is 0.143 e. The molecule has 0 saturated carbocycles. The van der Waals surface area contributed by atoms with Crippen molar-refractivity contribution in [1.29, 1.82) is 0 Å². The second-order valence-electron chi connectivity index (χ2n) is 7.04. The van der Waals surface area contributed by atoms with Crippen LogP contribution in [0.2, 0.25) is 0 Å². The van der Waals surface area contributed by atoms with E-state index < -0.39 is 6.10 Å². The Morgan fingerprint density at radius 1 is 0.750 bits per heavy atom. The Morgan fingerprint density at radius 3 is 2.32 bits per heavy atom. The molecule has 0 fully saturated rings. The zero-order valence-electron chi connectivity index (χ0n) is 15.4. The monoisotopic (exact) mass is 364 g/mol. The van der Waals surface area contributed by atoms with Crippen molar-refractivity contribution in [3.8, 4) is 0 Å². The molecule has 28 heavy (non-hydrogen) atoms. The zero-order valence-corrected chi connectivity index (χ0v) is 15.4. The molecule has 1 unspecified atom stereocenters. The molecule has 5 aromatic rings. The summed E-state index contributed by atoms with van der Waals surface area (Å²) in [6, 6.07) is 32.6. The van der Waals surface area contributed by atoms with Crippen LogP contribution in [0, 0.1) is 0 Å². The number of benzene rings is 4. The number of aliphatic hydroxyl groups excluding tert-OH is 1. The third-order valence-electron chi connectivity index (χ3n) is 5.20. The topological polar surface area (TPSA) is 38.1 Å². The lowest BCUT2D eigenvalue weighted by Gasteiger charge is -2.15. The van der Waals surface area contributed by atoms with Gasteiger partial charge in [-0.05, 0) is 40.1 Å². The molecular formula is C25H20N2O. The lowest BCUT2D eigenvalue weighted by Crippen LogP contribution is -2.11. The first-order valence-corrected chi connectivity index (χ1v) is 9.45. The molecule has 5 rings (SSSR count). The number of aliphatic hydroxyl groups is 1. The standard InChI is InChI=1S/C25H20N2O/c28-24(20-9-2-1-3-10-20)25-26-22-12-6-7-13-23(22)27(25)17-18-14-15-19-8-4-5-11-21(19)16-18/h1-16,24,28H,17H2. The van der Waals surface area contributed by atoms with Crippen molar-refractivity contribution in [1.82, 2.24) is 9.55 Å². The van der Waals surface area contributed by atoms with E-state index in [-0.39, 0.29) is 0 Å². The van der Waals surface area contributed by atoms with Crippen LogP contribution in [0.5, 0.6) is 0 Å². The number of rotatable bonds is 4. The number of nitrogens with zero attached hydrogens (tertiary/aromatic N) is 2. The smallest absolute Gasteiger partial charge is 0.143 e. The predicted octanol–water partition coefficient (Wildman–Crippen LogP) is 5.32. The van der Waals surface area contributed by atoms with Crippen LogP contribution in [0.3, 0.4) is 0 Å². The van der Waals surface area contributed by atoms with E-state index in [9.17, 15) is 5.11 Å². The van der Waals surface area contributed by atoms with Gasteiger partial charge in [0.25, 0.3) is 0 Å². The number of aromatic nitrogens is 2. The molecule has 0 radical (unpaired) electrons. The Bertz CT molecular complexity index is 1260. The molecule has 1 heterocycles. The van der Waals surface area contributed by atoms with E-state index in [2.05, 4.69) is 53.1 Å². The van der Waals surface area contributed by atoms with Crippen molar-refractivity contribution in [2.75, 3.05) is 0 Å². The number of fused-ring (bicyclic) bond motifs is 2. The number of hydrogen-bond donors (Lipinski definition) is 1. The van der Waals surface area contributed by atoms with Crippen molar-refractivity contribution >= 4 is 21.8 Å². The first-order chi connectivity index (χ1) is 13.8. The van der Waals surface area contributed by atoms with Crippen molar-refractivity contribution < 1.29 is 5.11 Å². The maximum absolute atomic E-state index is 11.0. The average molecular weight is 364 g/mol. The van der Waals surface area contributed by atoms with Gasteiger partial charge in [-0.15, -0.1) is 0 Å². The minimum Gasteiger partial charge on any atom is -0.380 e. The van der Waals surface area contributed by atoms with E-state index >= 15 is 0 Å². The van der Waals surface area contributed by atoms with Crippen molar-refractivity contribution in [3.63, 3.8) is 0 Å². The summed E-state index contributed by atoms with van der Waals surface area (Å²) >= 11 is 0. The predicted molar refractivity (Wildman–Crippen MR) is 113 cm³/mol. The van der Waals surface area contributed by atoms with Crippen LogP contribution in [0.25, 0.3) is 21.8 Å². The lowest BCUT2D eigenvalue weighted by molar-refractivity contribution is 0.206. The Kier molecular flexibility index (Phi) is 4.15. The van der Waals surface area contributed by atoms with E-state index in [0.29, 0.717) is 12.4 Å². The fraction of sp³-hybridized carbons (Fsp3) is 0.0800. The summed E-state index contributed by atoms with van der Waals surface area (Å²) < 4.78 is 2.12. The van der Waals surface area contributed by atoms with Crippen LogP contribution in [0.4, 0.5) is 0 Å². The Hall–Kier alpha value is -3.43. The zero-order chi connectivity index (χ0) is 18.9. The van der Waals surface area contributed by atoms with Gasteiger partial charge < -0.3 is 9.67 Å². The molecule has 0 amide bonds. The van der Waals surface area contributed by atoms with Crippen molar-refractivity contribution in [3.05, 3.63) is 114 Å². The Morgan fingerprint density at radius 2 is 1.46 bits per heavy atom. The fourth-order valence-electron chi connectivity index (χ4n) is 3.77. The average Bonchev–Trinajstić information content (AvgIpc) is 3.12. The van der Waals surface area contributed by atoms with Crippen molar-refractivity contribution in [2.24, 2.45) is 0 Å². The third-order valence-corrected chi connectivity index (χ3v) is 5.20. The van der Waals surface area contributed by atoms with E-state index in [1.54, 1.807) is 0 Å². The van der Waals surface area contributed by atoms with Gasteiger partial charge >= 0.3 is 0 Å². The van der Waals surface area contributed by atoms with Crippen LogP contribution < -0.4 is 0 Å². The van der Waals surface area contributed by atoms with Crippen LogP contribution >= 0.6 is 0 Å². The first kappa shape index (κ1) is 16.7. The molecule has 0 aliphatic rings. The van der Waals surface area contributed by atoms with Gasteiger partial charge in [0, 0.05) is 6.54 Å². The van der Waals surface area contributed by atoms with Gasteiger partial charge in [-0.1, -0.05) is 78.9 Å². The number of hydrogen-bond acceptors (Lipinski definition) is 2. The summed E-state index contributed by atoms with van der Waals surface area (Å²) in [7, 11) is 0.